The van der Waals surface area contributed by atoms with E-state index in [1.807, 2.05) is 29.9 Å². The van der Waals surface area contributed by atoms with Crippen molar-refractivity contribution in [2.24, 2.45) is 5.92 Å². The van der Waals surface area contributed by atoms with Gasteiger partial charge >= 0.3 is 6.15 Å². The lowest BCUT2D eigenvalue weighted by Crippen LogP contribution is -2.07. The van der Waals surface area contributed by atoms with Crippen molar-refractivity contribution in [3.63, 3.8) is 0 Å². The number of hydrogen-bond donors (Lipinski definition) is 0. The predicted octanol–water partition coefficient (Wildman–Crippen LogP) is 3.51. The first-order chi connectivity index (χ1) is 10.6. The number of pyridine rings is 1. The summed E-state index contributed by atoms with van der Waals surface area (Å²) in [5.41, 5.74) is 2.95. The van der Waals surface area contributed by atoms with E-state index >= 15 is 0 Å². The summed E-state index contributed by atoms with van der Waals surface area (Å²) in [5, 5.41) is 5.01. The summed E-state index contributed by atoms with van der Waals surface area (Å²) in [4.78, 5) is 20.5. The smallest absolute Gasteiger partial charge is 0.272 e. The van der Waals surface area contributed by atoms with Crippen molar-refractivity contribution in [2.45, 2.75) is 39.2 Å². The van der Waals surface area contributed by atoms with Crippen LogP contribution < -0.4 is 0 Å². The molecular formula is C16H18ClN3O2. The van der Waals surface area contributed by atoms with Crippen LogP contribution in [-0.4, -0.2) is 20.9 Å². The van der Waals surface area contributed by atoms with Crippen molar-refractivity contribution in [3.8, 4) is 11.1 Å². The number of aryl methyl sites for hydroxylation is 1. The standard InChI is InChI=1S/C15H18ClN3.CO2/c1-11-6-7-14(15(16)18-11)13-8-17-19(10-13)9-12-4-2-3-5-12;2-1-3/h6-8,10,12H,2-5,9H2,1H3;. The van der Waals surface area contributed by atoms with Gasteiger partial charge in [-0.2, -0.15) is 14.7 Å². The zero-order chi connectivity index (χ0) is 15.9. The van der Waals surface area contributed by atoms with Gasteiger partial charge in [-0.3, -0.25) is 4.68 Å². The minimum absolute atomic E-state index is 0.250. The van der Waals surface area contributed by atoms with Gasteiger partial charge in [-0.05, 0) is 37.8 Å². The van der Waals surface area contributed by atoms with E-state index in [1.54, 1.807) is 0 Å². The number of halogens is 1. The molecule has 0 radical (unpaired) electrons. The Bertz CT molecular complexity index is 657. The van der Waals surface area contributed by atoms with E-state index in [1.165, 1.54) is 25.7 Å². The molecular weight excluding hydrogens is 302 g/mol. The van der Waals surface area contributed by atoms with E-state index in [0.29, 0.717) is 5.15 Å². The van der Waals surface area contributed by atoms with E-state index in [4.69, 9.17) is 21.2 Å². The Hall–Kier alpha value is -1.97. The van der Waals surface area contributed by atoms with Gasteiger partial charge in [0.15, 0.2) is 0 Å². The molecule has 1 saturated carbocycles. The van der Waals surface area contributed by atoms with Crippen LogP contribution in [0, 0.1) is 12.8 Å². The molecule has 1 aliphatic carbocycles. The fraction of sp³-hybridized carbons (Fsp3) is 0.438. The first-order valence-corrected chi connectivity index (χ1v) is 7.67. The summed E-state index contributed by atoms with van der Waals surface area (Å²) in [7, 11) is 0. The molecule has 2 aromatic heterocycles. The van der Waals surface area contributed by atoms with E-state index in [9.17, 15) is 0 Å². The third-order valence-electron chi connectivity index (χ3n) is 3.85. The fourth-order valence-electron chi connectivity index (χ4n) is 2.80. The second kappa shape index (κ2) is 7.87. The molecule has 0 saturated heterocycles. The summed E-state index contributed by atoms with van der Waals surface area (Å²) in [5.74, 6) is 0.791. The van der Waals surface area contributed by atoms with Crippen molar-refractivity contribution in [3.05, 3.63) is 35.4 Å². The first-order valence-electron chi connectivity index (χ1n) is 7.29. The molecule has 1 aliphatic rings. The van der Waals surface area contributed by atoms with Gasteiger partial charge in [0.25, 0.3) is 0 Å². The number of hydrogen-bond acceptors (Lipinski definition) is 4. The number of carbonyl (C=O) groups excluding carboxylic acids is 2. The van der Waals surface area contributed by atoms with Crippen LogP contribution >= 0.6 is 11.6 Å². The highest BCUT2D eigenvalue weighted by Crippen LogP contribution is 2.28. The monoisotopic (exact) mass is 319 g/mol. The molecule has 0 unspecified atom stereocenters. The van der Waals surface area contributed by atoms with E-state index in [-0.39, 0.29) is 6.15 Å². The first kappa shape index (κ1) is 16.4. The molecule has 0 N–H and O–H groups in total. The average Bonchev–Trinajstić information content (AvgIpc) is 3.12. The Kier molecular flexibility index (Phi) is 5.87. The maximum Gasteiger partial charge on any atom is 0.373 e. The summed E-state index contributed by atoms with van der Waals surface area (Å²) in [6.45, 7) is 2.97. The Morgan fingerprint density at radius 2 is 2.00 bits per heavy atom. The van der Waals surface area contributed by atoms with Crippen molar-refractivity contribution in [1.82, 2.24) is 14.8 Å². The highest BCUT2D eigenvalue weighted by atomic mass is 35.5. The molecule has 6 heteroatoms. The van der Waals surface area contributed by atoms with Gasteiger partial charge in [0.2, 0.25) is 0 Å². The van der Waals surface area contributed by atoms with Gasteiger partial charge in [0, 0.05) is 29.6 Å². The average molecular weight is 320 g/mol. The number of rotatable bonds is 3. The minimum Gasteiger partial charge on any atom is -0.272 e. The highest BCUT2D eigenvalue weighted by molar-refractivity contribution is 6.32. The minimum atomic E-state index is 0.250. The topological polar surface area (TPSA) is 64.8 Å². The predicted molar refractivity (Wildman–Crippen MR) is 82.2 cm³/mol. The van der Waals surface area contributed by atoms with Crippen LogP contribution in [0.3, 0.4) is 0 Å². The molecule has 2 heterocycles. The van der Waals surface area contributed by atoms with Crippen LogP contribution in [0.15, 0.2) is 24.5 Å². The summed E-state index contributed by atoms with van der Waals surface area (Å²) < 4.78 is 2.04. The van der Waals surface area contributed by atoms with Crippen LogP contribution in [0.1, 0.15) is 31.4 Å². The maximum atomic E-state index is 8.12. The molecule has 0 aliphatic heterocycles. The normalized spacial score (nSPS) is 14.3. The lowest BCUT2D eigenvalue weighted by molar-refractivity contribution is -0.191. The highest BCUT2D eigenvalue weighted by Gasteiger charge is 2.16. The second-order valence-corrected chi connectivity index (χ2v) is 5.83. The van der Waals surface area contributed by atoms with Crippen LogP contribution in [0.2, 0.25) is 5.15 Å². The van der Waals surface area contributed by atoms with Crippen LogP contribution in [0.25, 0.3) is 11.1 Å². The third kappa shape index (κ3) is 4.26. The van der Waals surface area contributed by atoms with E-state index in [0.717, 1.165) is 29.3 Å². The molecule has 0 spiro atoms. The lowest BCUT2D eigenvalue weighted by Gasteiger charge is -2.08. The van der Waals surface area contributed by atoms with E-state index < -0.39 is 0 Å². The van der Waals surface area contributed by atoms with Gasteiger partial charge in [-0.25, -0.2) is 4.98 Å². The van der Waals surface area contributed by atoms with Crippen molar-refractivity contribution >= 4 is 17.8 Å². The molecule has 5 nitrogen and oxygen atoms in total. The SMILES string of the molecule is Cc1ccc(-c2cnn(CC3CCCC3)c2)c(Cl)n1.O=C=O. The molecule has 0 amide bonds. The van der Waals surface area contributed by atoms with Gasteiger partial charge in [0.05, 0.1) is 6.20 Å². The Morgan fingerprint density at radius 3 is 2.64 bits per heavy atom. The largest absolute Gasteiger partial charge is 0.373 e. The molecule has 0 atom stereocenters. The molecule has 22 heavy (non-hydrogen) atoms. The fourth-order valence-corrected chi connectivity index (χ4v) is 3.11. The molecule has 116 valence electrons. The van der Waals surface area contributed by atoms with E-state index in [2.05, 4.69) is 16.3 Å². The quantitative estimate of drug-likeness (QED) is 0.812. The molecule has 2 aromatic rings. The maximum absolute atomic E-state index is 8.12. The molecule has 0 aromatic carbocycles. The summed E-state index contributed by atoms with van der Waals surface area (Å²) in [6, 6.07) is 4.00. The third-order valence-corrected chi connectivity index (χ3v) is 4.14. The van der Waals surface area contributed by atoms with Crippen molar-refractivity contribution < 1.29 is 9.59 Å². The van der Waals surface area contributed by atoms with Gasteiger partial charge < -0.3 is 0 Å². The van der Waals surface area contributed by atoms with Gasteiger partial charge in [-0.15, -0.1) is 0 Å². The lowest BCUT2D eigenvalue weighted by atomic mass is 10.1. The molecule has 0 bridgehead atoms. The van der Waals surface area contributed by atoms with Gasteiger partial charge in [-0.1, -0.05) is 24.4 Å². The molecule has 1 fully saturated rings. The summed E-state index contributed by atoms with van der Waals surface area (Å²) in [6.07, 6.45) is 9.62. The van der Waals surface area contributed by atoms with Crippen LogP contribution in [0.5, 0.6) is 0 Å². The molecule has 3 rings (SSSR count). The zero-order valence-corrected chi connectivity index (χ0v) is 13.2. The number of nitrogens with zero attached hydrogens (tertiary/aromatic N) is 3. The Labute approximate surface area is 134 Å². The Balaban J connectivity index is 0.000000545. The van der Waals surface area contributed by atoms with Gasteiger partial charge in [0.1, 0.15) is 5.15 Å². The second-order valence-electron chi connectivity index (χ2n) is 5.48. The Morgan fingerprint density at radius 1 is 1.32 bits per heavy atom. The summed E-state index contributed by atoms with van der Waals surface area (Å²) >= 11 is 6.20. The van der Waals surface area contributed by atoms with Crippen LogP contribution in [-0.2, 0) is 16.1 Å². The number of aromatic nitrogens is 3. The van der Waals surface area contributed by atoms with Crippen molar-refractivity contribution in [1.29, 1.82) is 0 Å². The van der Waals surface area contributed by atoms with Crippen molar-refractivity contribution in [2.75, 3.05) is 0 Å². The van der Waals surface area contributed by atoms with Crippen LogP contribution in [0.4, 0.5) is 0 Å². The zero-order valence-electron chi connectivity index (χ0n) is 12.5.